The molecule has 158 valence electrons. The molecule has 0 aliphatic rings. The Kier molecular flexibility index (Phi) is 6.82. The van der Waals surface area contributed by atoms with Gasteiger partial charge < -0.3 is 20.4 Å². The quantitative estimate of drug-likeness (QED) is 0.323. The van der Waals surface area contributed by atoms with Gasteiger partial charge in [-0.1, -0.05) is 23.7 Å². The minimum Gasteiger partial charge on any atom is -0.493 e. The highest BCUT2D eigenvalue weighted by molar-refractivity contribution is 6.30. The average molecular weight is 435 g/mol. The van der Waals surface area contributed by atoms with E-state index in [2.05, 4.69) is 20.6 Å². The van der Waals surface area contributed by atoms with Gasteiger partial charge in [-0.3, -0.25) is 9.78 Å². The molecule has 0 saturated heterocycles. The van der Waals surface area contributed by atoms with E-state index in [0.29, 0.717) is 23.0 Å². The van der Waals surface area contributed by atoms with Crippen LogP contribution in [0.5, 0.6) is 5.75 Å². The Morgan fingerprint density at radius 3 is 2.77 bits per heavy atom. The zero-order valence-electron chi connectivity index (χ0n) is 16.9. The van der Waals surface area contributed by atoms with Crippen LogP contribution in [0.2, 0.25) is 5.02 Å². The number of halogens is 1. The van der Waals surface area contributed by atoms with Gasteiger partial charge in [0.25, 0.3) is 5.91 Å². The van der Waals surface area contributed by atoms with Crippen LogP contribution >= 0.6 is 11.6 Å². The van der Waals surface area contributed by atoms with Crippen LogP contribution in [0.3, 0.4) is 0 Å². The van der Waals surface area contributed by atoms with Crippen LogP contribution in [-0.4, -0.2) is 29.0 Å². The summed E-state index contributed by atoms with van der Waals surface area (Å²) in [5, 5.41) is 7.75. The molecule has 2 aromatic heterocycles. The number of carbonyl (C=O) groups is 1. The van der Waals surface area contributed by atoms with Crippen molar-refractivity contribution in [1.29, 1.82) is 0 Å². The van der Waals surface area contributed by atoms with Crippen molar-refractivity contribution < 1.29 is 9.53 Å². The number of nitrogens with zero attached hydrogens (tertiary/aromatic N) is 1. The van der Waals surface area contributed by atoms with E-state index in [1.165, 1.54) is 0 Å². The van der Waals surface area contributed by atoms with Crippen molar-refractivity contribution in [3.63, 3.8) is 0 Å². The molecule has 1 amide bonds. The third-order valence-electron chi connectivity index (χ3n) is 4.78. The molecule has 4 rings (SSSR count). The van der Waals surface area contributed by atoms with Crippen LogP contribution in [0, 0.1) is 0 Å². The highest BCUT2D eigenvalue weighted by Crippen LogP contribution is 2.27. The Morgan fingerprint density at radius 2 is 1.97 bits per heavy atom. The first kappa shape index (κ1) is 20.9. The largest absolute Gasteiger partial charge is 0.493 e. The summed E-state index contributed by atoms with van der Waals surface area (Å²) in [7, 11) is 0. The van der Waals surface area contributed by atoms with Crippen LogP contribution in [0.4, 0.5) is 5.69 Å². The molecule has 0 atom stereocenters. The molecule has 3 N–H and O–H groups in total. The van der Waals surface area contributed by atoms with Crippen molar-refractivity contribution in [2.24, 2.45) is 0 Å². The third-order valence-corrected chi connectivity index (χ3v) is 5.03. The standard InChI is InChI=1S/C24H23ClN4O2/c25-18-7-9-19(10-8-18)28-24(30)22-14-20-21(29-22)5-1-6-23(20)31-13-3-12-27-16-17-4-2-11-26-15-17/h1-2,4-11,14-15,27,29H,3,12-13,16H2,(H,28,30). The Morgan fingerprint density at radius 1 is 1.10 bits per heavy atom. The summed E-state index contributed by atoms with van der Waals surface area (Å²) >= 11 is 5.89. The number of pyridine rings is 1. The summed E-state index contributed by atoms with van der Waals surface area (Å²) < 4.78 is 5.98. The van der Waals surface area contributed by atoms with Gasteiger partial charge in [0.2, 0.25) is 0 Å². The maximum absolute atomic E-state index is 12.6. The number of benzene rings is 2. The van der Waals surface area contributed by atoms with Crippen molar-refractivity contribution in [3.8, 4) is 5.75 Å². The number of rotatable bonds is 9. The summed E-state index contributed by atoms with van der Waals surface area (Å²) in [5.74, 6) is 0.538. The molecule has 0 radical (unpaired) electrons. The molecular weight excluding hydrogens is 412 g/mol. The monoisotopic (exact) mass is 434 g/mol. The molecule has 6 nitrogen and oxygen atoms in total. The lowest BCUT2D eigenvalue weighted by Crippen LogP contribution is -2.17. The van der Waals surface area contributed by atoms with Gasteiger partial charge >= 0.3 is 0 Å². The van der Waals surface area contributed by atoms with Gasteiger partial charge in [-0.2, -0.15) is 0 Å². The summed E-state index contributed by atoms with van der Waals surface area (Å²) in [6.45, 7) is 2.21. The second-order valence-corrected chi connectivity index (χ2v) is 7.54. The summed E-state index contributed by atoms with van der Waals surface area (Å²) in [4.78, 5) is 19.9. The molecular formula is C24H23ClN4O2. The van der Waals surface area contributed by atoms with Crippen LogP contribution in [0.15, 0.2) is 73.1 Å². The summed E-state index contributed by atoms with van der Waals surface area (Å²) in [5.41, 5.74) is 3.17. The molecule has 4 aromatic rings. The maximum Gasteiger partial charge on any atom is 0.272 e. The van der Waals surface area contributed by atoms with Gasteiger partial charge in [0.05, 0.1) is 6.61 Å². The first-order valence-corrected chi connectivity index (χ1v) is 10.5. The normalized spacial score (nSPS) is 10.9. The fraction of sp³-hybridized carbons (Fsp3) is 0.167. The molecule has 0 unspecified atom stereocenters. The highest BCUT2D eigenvalue weighted by atomic mass is 35.5. The molecule has 2 heterocycles. The Bertz CT molecular complexity index is 1140. The molecule has 0 aliphatic heterocycles. The summed E-state index contributed by atoms with van der Waals surface area (Å²) in [6.07, 6.45) is 4.49. The highest BCUT2D eigenvalue weighted by Gasteiger charge is 2.12. The lowest BCUT2D eigenvalue weighted by atomic mass is 10.2. The van der Waals surface area contributed by atoms with Crippen LogP contribution in [-0.2, 0) is 6.54 Å². The Labute approximate surface area is 185 Å². The number of carbonyl (C=O) groups excluding carboxylic acids is 1. The first-order valence-electron chi connectivity index (χ1n) is 10.1. The van der Waals surface area contributed by atoms with Crippen molar-refractivity contribution >= 4 is 34.1 Å². The lowest BCUT2D eigenvalue weighted by molar-refractivity contribution is 0.102. The minimum absolute atomic E-state index is 0.218. The second kappa shape index (κ2) is 10.1. The Balaban J connectivity index is 1.32. The predicted molar refractivity (Wildman–Crippen MR) is 124 cm³/mol. The van der Waals surface area contributed by atoms with E-state index in [1.54, 1.807) is 30.5 Å². The first-order chi connectivity index (χ1) is 15.2. The zero-order valence-corrected chi connectivity index (χ0v) is 17.7. The number of hydrogen-bond acceptors (Lipinski definition) is 4. The minimum atomic E-state index is -0.218. The molecule has 0 aliphatic carbocycles. The average Bonchev–Trinajstić information content (AvgIpc) is 3.24. The second-order valence-electron chi connectivity index (χ2n) is 7.10. The predicted octanol–water partition coefficient (Wildman–Crippen LogP) is 5.03. The van der Waals surface area contributed by atoms with E-state index in [1.807, 2.05) is 42.6 Å². The van der Waals surface area contributed by atoms with Crippen LogP contribution < -0.4 is 15.4 Å². The fourth-order valence-electron chi connectivity index (χ4n) is 3.22. The maximum atomic E-state index is 12.6. The molecule has 7 heteroatoms. The third kappa shape index (κ3) is 5.63. The number of aromatic nitrogens is 2. The number of anilines is 1. The van der Waals surface area contributed by atoms with Crippen molar-refractivity contribution in [2.75, 3.05) is 18.5 Å². The van der Waals surface area contributed by atoms with Crippen LogP contribution in [0.1, 0.15) is 22.5 Å². The van der Waals surface area contributed by atoms with E-state index < -0.39 is 0 Å². The molecule has 0 spiro atoms. The number of hydrogen-bond donors (Lipinski definition) is 3. The number of nitrogens with one attached hydrogen (secondary N) is 3. The Hall–Kier alpha value is -3.35. The SMILES string of the molecule is O=C(Nc1ccc(Cl)cc1)c1cc2c(OCCCNCc3cccnc3)cccc2[nH]1. The number of amides is 1. The van der Waals surface area contributed by atoms with Crippen molar-refractivity contribution in [3.05, 3.63) is 89.3 Å². The number of ether oxygens (including phenoxy) is 1. The van der Waals surface area contributed by atoms with Gasteiger partial charge in [-0.05, 0) is 67.1 Å². The lowest BCUT2D eigenvalue weighted by Gasteiger charge is -2.08. The molecule has 0 fully saturated rings. The van der Waals surface area contributed by atoms with E-state index in [0.717, 1.165) is 41.7 Å². The van der Waals surface area contributed by atoms with E-state index in [-0.39, 0.29) is 5.91 Å². The molecule has 0 saturated carbocycles. The van der Waals surface area contributed by atoms with Crippen LogP contribution in [0.25, 0.3) is 10.9 Å². The van der Waals surface area contributed by atoms with E-state index in [9.17, 15) is 4.79 Å². The van der Waals surface area contributed by atoms with E-state index in [4.69, 9.17) is 16.3 Å². The zero-order chi connectivity index (χ0) is 21.5. The molecule has 2 aromatic carbocycles. The van der Waals surface area contributed by atoms with Gasteiger partial charge in [-0.15, -0.1) is 0 Å². The number of H-pyrrole nitrogens is 1. The number of fused-ring (bicyclic) bond motifs is 1. The summed E-state index contributed by atoms with van der Waals surface area (Å²) in [6, 6.07) is 18.5. The van der Waals surface area contributed by atoms with Gasteiger partial charge in [0, 0.05) is 40.6 Å². The van der Waals surface area contributed by atoms with Gasteiger partial charge in [0.1, 0.15) is 11.4 Å². The van der Waals surface area contributed by atoms with E-state index >= 15 is 0 Å². The van der Waals surface area contributed by atoms with Gasteiger partial charge in [0.15, 0.2) is 0 Å². The smallest absolute Gasteiger partial charge is 0.272 e. The number of aromatic amines is 1. The van der Waals surface area contributed by atoms with Crippen molar-refractivity contribution in [2.45, 2.75) is 13.0 Å². The topological polar surface area (TPSA) is 79.0 Å². The fourth-order valence-corrected chi connectivity index (χ4v) is 3.35. The molecule has 0 bridgehead atoms. The van der Waals surface area contributed by atoms with Gasteiger partial charge in [-0.25, -0.2) is 0 Å². The molecule has 31 heavy (non-hydrogen) atoms. The van der Waals surface area contributed by atoms with Crippen molar-refractivity contribution in [1.82, 2.24) is 15.3 Å².